The Morgan fingerprint density at radius 3 is 2.25 bits per heavy atom. The second kappa shape index (κ2) is 5.49. The van der Waals surface area contributed by atoms with E-state index in [-0.39, 0.29) is 16.3 Å². The van der Waals surface area contributed by atoms with Crippen LogP contribution >= 0.6 is 0 Å². The fourth-order valence-corrected chi connectivity index (χ4v) is 2.22. The van der Waals surface area contributed by atoms with Gasteiger partial charge in [-0.1, -0.05) is 0 Å². The number of primary sulfonamides is 1. The van der Waals surface area contributed by atoms with Gasteiger partial charge in [-0.3, -0.25) is 0 Å². The Balaban J connectivity index is 3.33. The standard InChI is InChI=1S/C11H16F3N3O2S/c1-7(2)17(6-11(12,13)14)10-5-8(20(16,18)19)3-4-9(10)15/h3-5,7H,6,15H2,1-2H3,(H2,16,18,19). The molecule has 0 heterocycles. The van der Waals surface area contributed by atoms with Gasteiger partial charge in [-0.2, -0.15) is 13.2 Å². The van der Waals surface area contributed by atoms with Crippen LogP contribution in [0.2, 0.25) is 0 Å². The van der Waals surface area contributed by atoms with Crippen LogP contribution in [0.4, 0.5) is 24.5 Å². The first-order valence-corrected chi connectivity index (χ1v) is 7.22. The lowest BCUT2D eigenvalue weighted by Crippen LogP contribution is -2.39. The fraction of sp³-hybridized carbons (Fsp3) is 0.455. The third-order valence-corrected chi connectivity index (χ3v) is 3.52. The molecule has 0 saturated heterocycles. The van der Waals surface area contributed by atoms with Gasteiger partial charge in [0.1, 0.15) is 6.54 Å². The number of benzene rings is 1. The molecule has 0 aromatic heterocycles. The molecular formula is C11H16F3N3O2S. The average molecular weight is 311 g/mol. The molecule has 114 valence electrons. The van der Waals surface area contributed by atoms with Gasteiger partial charge in [0, 0.05) is 6.04 Å². The van der Waals surface area contributed by atoms with E-state index < -0.39 is 28.8 Å². The molecule has 0 bridgehead atoms. The lowest BCUT2D eigenvalue weighted by molar-refractivity contribution is -0.120. The van der Waals surface area contributed by atoms with Crippen molar-refractivity contribution in [3.8, 4) is 0 Å². The Morgan fingerprint density at radius 1 is 1.30 bits per heavy atom. The highest BCUT2D eigenvalue weighted by Crippen LogP contribution is 2.30. The quantitative estimate of drug-likeness (QED) is 0.828. The molecule has 9 heteroatoms. The first kappa shape index (κ1) is 16.6. The van der Waals surface area contributed by atoms with E-state index in [1.54, 1.807) is 13.8 Å². The van der Waals surface area contributed by atoms with Crippen LogP contribution in [0, 0.1) is 0 Å². The fourth-order valence-electron chi connectivity index (χ4n) is 1.69. The molecule has 0 saturated carbocycles. The number of hydrogen-bond donors (Lipinski definition) is 2. The summed E-state index contributed by atoms with van der Waals surface area (Å²) in [5.74, 6) is 0. The van der Waals surface area contributed by atoms with Gasteiger partial charge in [-0.05, 0) is 32.0 Å². The number of halogens is 3. The Kier molecular flexibility index (Phi) is 4.55. The molecule has 0 atom stereocenters. The van der Waals surface area contributed by atoms with Crippen LogP contribution in [-0.2, 0) is 10.0 Å². The number of alkyl halides is 3. The van der Waals surface area contributed by atoms with Crippen LogP contribution in [-0.4, -0.2) is 27.2 Å². The second-order valence-electron chi connectivity index (χ2n) is 4.60. The summed E-state index contributed by atoms with van der Waals surface area (Å²) in [7, 11) is -4.01. The molecular weight excluding hydrogens is 295 g/mol. The molecule has 20 heavy (non-hydrogen) atoms. The smallest absolute Gasteiger partial charge is 0.397 e. The maximum absolute atomic E-state index is 12.6. The first-order chi connectivity index (χ1) is 8.92. The Hall–Kier alpha value is -1.48. The number of rotatable bonds is 4. The third kappa shape index (κ3) is 4.27. The summed E-state index contributed by atoms with van der Waals surface area (Å²) in [4.78, 5) is 0.693. The van der Waals surface area contributed by atoms with Crippen LogP contribution in [0.15, 0.2) is 23.1 Å². The maximum Gasteiger partial charge on any atom is 0.405 e. The Bertz CT molecular complexity index is 585. The number of anilines is 2. The molecule has 0 unspecified atom stereocenters. The van der Waals surface area contributed by atoms with E-state index in [0.717, 1.165) is 17.0 Å². The van der Waals surface area contributed by atoms with E-state index in [1.807, 2.05) is 0 Å². The van der Waals surface area contributed by atoms with Gasteiger partial charge in [0.25, 0.3) is 0 Å². The molecule has 0 fully saturated rings. The van der Waals surface area contributed by atoms with Crippen molar-refractivity contribution in [3.05, 3.63) is 18.2 Å². The summed E-state index contributed by atoms with van der Waals surface area (Å²) < 4.78 is 60.3. The minimum atomic E-state index is -4.44. The minimum Gasteiger partial charge on any atom is -0.397 e. The number of sulfonamides is 1. The lowest BCUT2D eigenvalue weighted by atomic mass is 10.2. The zero-order valence-electron chi connectivity index (χ0n) is 11.0. The molecule has 0 radical (unpaired) electrons. The van der Waals surface area contributed by atoms with Crippen LogP contribution in [0.1, 0.15) is 13.8 Å². The zero-order chi connectivity index (χ0) is 15.7. The van der Waals surface area contributed by atoms with Crippen molar-refractivity contribution in [2.24, 2.45) is 5.14 Å². The summed E-state index contributed by atoms with van der Waals surface area (Å²) in [5, 5.41) is 4.97. The minimum absolute atomic E-state index is 0.0103. The molecule has 1 aromatic rings. The average Bonchev–Trinajstić information content (AvgIpc) is 2.23. The van der Waals surface area contributed by atoms with Gasteiger partial charge >= 0.3 is 6.18 Å². The topological polar surface area (TPSA) is 89.4 Å². The summed E-state index contributed by atoms with van der Waals surface area (Å²) >= 11 is 0. The van der Waals surface area contributed by atoms with Crippen LogP contribution in [0.25, 0.3) is 0 Å². The predicted molar refractivity (Wildman–Crippen MR) is 70.8 cm³/mol. The van der Waals surface area contributed by atoms with E-state index in [4.69, 9.17) is 10.9 Å². The highest BCUT2D eigenvalue weighted by molar-refractivity contribution is 7.89. The highest BCUT2D eigenvalue weighted by atomic mass is 32.2. The predicted octanol–water partition coefficient (Wildman–Crippen LogP) is 1.69. The van der Waals surface area contributed by atoms with E-state index in [2.05, 4.69) is 0 Å². The van der Waals surface area contributed by atoms with Gasteiger partial charge < -0.3 is 10.6 Å². The third-order valence-electron chi connectivity index (χ3n) is 2.61. The van der Waals surface area contributed by atoms with Crippen molar-refractivity contribution in [1.82, 2.24) is 0 Å². The van der Waals surface area contributed by atoms with Gasteiger partial charge in [0.15, 0.2) is 0 Å². The molecule has 0 amide bonds. The van der Waals surface area contributed by atoms with Crippen LogP contribution in [0.5, 0.6) is 0 Å². The van der Waals surface area contributed by atoms with E-state index in [0.29, 0.717) is 0 Å². The summed E-state index contributed by atoms with van der Waals surface area (Å²) in [6, 6.07) is 2.91. The van der Waals surface area contributed by atoms with Crippen molar-refractivity contribution >= 4 is 21.4 Å². The van der Waals surface area contributed by atoms with Crippen LogP contribution in [0.3, 0.4) is 0 Å². The van der Waals surface area contributed by atoms with Gasteiger partial charge in [0.2, 0.25) is 10.0 Å². The lowest BCUT2D eigenvalue weighted by Gasteiger charge is -2.31. The number of nitrogen functional groups attached to an aromatic ring is 1. The van der Waals surface area contributed by atoms with Gasteiger partial charge in [-0.15, -0.1) is 0 Å². The van der Waals surface area contributed by atoms with Crippen LogP contribution < -0.4 is 15.8 Å². The Labute approximate surface area is 115 Å². The van der Waals surface area contributed by atoms with Crippen molar-refractivity contribution < 1.29 is 21.6 Å². The Morgan fingerprint density at radius 2 is 1.85 bits per heavy atom. The van der Waals surface area contributed by atoms with Gasteiger partial charge in [-0.25, -0.2) is 13.6 Å². The molecule has 0 spiro atoms. The normalized spacial score (nSPS) is 12.8. The maximum atomic E-state index is 12.6. The molecule has 0 aliphatic rings. The monoisotopic (exact) mass is 311 g/mol. The number of hydrogen-bond acceptors (Lipinski definition) is 4. The number of nitrogens with two attached hydrogens (primary N) is 2. The highest BCUT2D eigenvalue weighted by Gasteiger charge is 2.33. The van der Waals surface area contributed by atoms with Crippen molar-refractivity contribution in [2.75, 3.05) is 17.2 Å². The van der Waals surface area contributed by atoms with Crippen molar-refractivity contribution in [2.45, 2.75) is 31.0 Å². The SMILES string of the molecule is CC(C)N(CC(F)(F)F)c1cc(S(N)(=O)=O)ccc1N. The van der Waals surface area contributed by atoms with E-state index >= 15 is 0 Å². The largest absolute Gasteiger partial charge is 0.405 e. The van der Waals surface area contributed by atoms with Gasteiger partial charge in [0.05, 0.1) is 16.3 Å². The van der Waals surface area contributed by atoms with Crippen molar-refractivity contribution in [3.63, 3.8) is 0 Å². The second-order valence-corrected chi connectivity index (χ2v) is 6.16. The summed E-state index contributed by atoms with van der Waals surface area (Å²) in [6.45, 7) is 1.87. The van der Waals surface area contributed by atoms with E-state index in [1.165, 1.54) is 6.07 Å². The van der Waals surface area contributed by atoms with E-state index in [9.17, 15) is 21.6 Å². The molecule has 5 nitrogen and oxygen atoms in total. The zero-order valence-corrected chi connectivity index (χ0v) is 11.8. The first-order valence-electron chi connectivity index (χ1n) is 5.67. The summed E-state index contributed by atoms with van der Waals surface area (Å²) in [5.41, 5.74) is 5.69. The molecule has 0 aliphatic heterocycles. The molecule has 1 rings (SSSR count). The van der Waals surface area contributed by atoms with Crippen molar-refractivity contribution in [1.29, 1.82) is 0 Å². The molecule has 4 N–H and O–H groups in total. The molecule has 1 aromatic carbocycles. The number of nitrogens with zero attached hydrogens (tertiary/aromatic N) is 1. The summed E-state index contributed by atoms with van der Waals surface area (Å²) in [6.07, 6.45) is -4.44. The molecule has 0 aliphatic carbocycles.